The lowest BCUT2D eigenvalue weighted by molar-refractivity contribution is -0.384. The van der Waals surface area contributed by atoms with Gasteiger partial charge in [-0.05, 0) is 12.1 Å². The van der Waals surface area contributed by atoms with Crippen LogP contribution in [0.3, 0.4) is 0 Å². The number of nitrogens with zero attached hydrogens (tertiary/aromatic N) is 2. The minimum Gasteiger partial charge on any atom is -0.258 e. The highest BCUT2D eigenvalue weighted by Gasteiger charge is 2.36. The molecule has 0 saturated heterocycles. The number of hydrogen-bond acceptors (Lipinski definition) is 4. The van der Waals surface area contributed by atoms with Crippen molar-refractivity contribution in [3.8, 4) is 0 Å². The van der Waals surface area contributed by atoms with Crippen LogP contribution in [0.4, 0.5) is 18.9 Å². The Kier molecular flexibility index (Phi) is 4.81. The first-order valence-electron chi connectivity index (χ1n) is 6.00. The molecule has 2 rings (SSSR count). The van der Waals surface area contributed by atoms with Gasteiger partial charge >= 0.3 is 6.18 Å². The Labute approximate surface area is 128 Å². The lowest BCUT2D eigenvalue weighted by Gasteiger charge is -2.10. The summed E-state index contributed by atoms with van der Waals surface area (Å²) < 4.78 is 42.7. The topological polar surface area (TPSA) is 55.5 Å². The molecule has 0 spiro atoms. The Bertz CT molecular complexity index is 685. The summed E-state index contributed by atoms with van der Waals surface area (Å²) in [4.78, 5) is 10.3. The van der Waals surface area contributed by atoms with Crippen molar-refractivity contribution < 1.29 is 18.1 Å². The molecule has 0 saturated carbocycles. The minimum absolute atomic E-state index is 0.0376. The molecule has 0 aliphatic carbocycles. The van der Waals surface area contributed by atoms with Gasteiger partial charge in [0.25, 0.3) is 5.69 Å². The van der Waals surface area contributed by atoms with E-state index in [-0.39, 0.29) is 11.3 Å². The van der Waals surface area contributed by atoms with Gasteiger partial charge in [-0.3, -0.25) is 10.1 Å². The maximum absolute atomic E-state index is 13.0. The summed E-state index contributed by atoms with van der Waals surface area (Å²) in [5.41, 5.74) is -1.17. The number of nitro benzene ring substituents is 1. The fourth-order valence-corrected chi connectivity index (χ4v) is 2.25. The van der Waals surface area contributed by atoms with Crippen LogP contribution in [0.1, 0.15) is 5.56 Å². The lowest BCUT2D eigenvalue weighted by atomic mass is 10.1. The summed E-state index contributed by atoms with van der Waals surface area (Å²) in [6, 6.07) is 12.4. The monoisotopic (exact) mass is 326 g/mol. The molecule has 8 heteroatoms. The second kappa shape index (κ2) is 6.61. The first-order valence-corrected chi connectivity index (χ1v) is 6.77. The molecular weight excluding hydrogens is 317 g/mol. The van der Waals surface area contributed by atoms with E-state index in [1.807, 2.05) is 0 Å². The van der Waals surface area contributed by atoms with Crippen LogP contribution in [-0.4, -0.2) is 16.8 Å². The Morgan fingerprint density at radius 3 is 2.14 bits per heavy atom. The zero-order chi connectivity index (χ0) is 16.2. The van der Waals surface area contributed by atoms with Crippen LogP contribution in [-0.2, 0) is 0 Å². The van der Waals surface area contributed by atoms with Crippen molar-refractivity contribution in [2.75, 3.05) is 0 Å². The van der Waals surface area contributed by atoms with Crippen LogP contribution in [0.2, 0.25) is 0 Å². The summed E-state index contributed by atoms with van der Waals surface area (Å²) in [7, 11) is 0. The van der Waals surface area contributed by atoms with Crippen LogP contribution in [0, 0.1) is 10.1 Å². The Hall–Kier alpha value is -2.35. The fraction of sp³-hybridized carbons (Fsp3) is 0.0714. The van der Waals surface area contributed by atoms with Crippen molar-refractivity contribution >= 4 is 23.3 Å². The van der Waals surface area contributed by atoms with Crippen molar-refractivity contribution in [3.05, 3.63) is 70.3 Å². The van der Waals surface area contributed by atoms with Gasteiger partial charge in [-0.2, -0.15) is 13.2 Å². The van der Waals surface area contributed by atoms with Crippen molar-refractivity contribution in [3.63, 3.8) is 0 Å². The second-order valence-corrected chi connectivity index (χ2v) is 4.98. The van der Waals surface area contributed by atoms with E-state index in [1.54, 1.807) is 6.07 Å². The second-order valence-electron chi connectivity index (χ2n) is 4.15. The highest BCUT2D eigenvalue weighted by Crippen LogP contribution is 2.28. The van der Waals surface area contributed by atoms with Crippen LogP contribution in [0.25, 0.3) is 0 Å². The summed E-state index contributed by atoms with van der Waals surface area (Å²) in [5.74, 6) is 0. The van der Waals surface area contributed by atoms with Gasteiger partial charge in [0.15, 0.2) is 5.71 Å². The third-order valence-electron chi connectivity index (χ3n) is 2.61. The molecule has 2 aromatic carbocycles. The van der Waals surface area contributed by atoms with Gasteiger partial charge in [0, 0.05) is 34.5 Å². The van der Waals surface area contributed by atoms with Gasteiger partial charge in [0.2, 0.25) is 0 Å². The average molecular weight is 326 g/mol. The largest absolute Gasteiger partial charge is 0.434 e. The minimum atomic E-state index is -4.59. The third kappa shape index (κ3) is 4.08. The van der Waals surface area contributed by atoms with Crippen molar-refractivity contribution in [2.24, 2.45) is 4.40 Å². The van der Waals surface area contributed by atoms with E-state index in [0.717, 1.165) is 0 Å². The molecule has 0 fully saturated rings. The van der Waals surface area contributed by atoms with Crippen LogP contribution >= 0.6 is 11.9 Å². The van der Waals surface area contributed by atoms with Crippen molar-refractivity contribution in [1.82, 2.24) is 0 Å². The van der Waals surface area contributed by atoms with E-state index >= 15 is 0 Å². The predicted octanol–water partition coefficient (Wildman–Crippen LogP) is 4.65. The van der Waals surface area contributed by atoms with E-state index in [2.05, 4.69) is 4.40 Å². The Morgan fingerprint density at radius 2 is 1.64 bits per heavy atom. The van der Waals surface area contributed by atoms with E-state index in [4.69, 9.17) is 0 Å². The van der Waals surface area contributed by atoms with Crippen molar-refractivity contribution in [1.29, 1.82) is 0 Å². The maximum Gasteiger partial charge on any atom is 0.434 e. The van der Waals surface area contributed by atoms with Crippen LogP contribution < -0.4 is 0 Å². The van der Waals surface area contributed by atoms with Gasteiger partial charge in [-0.15, -0.1) is 0 Å². The standard InChI is InChI=1S/C14H9F3N2O2S/c15-14(16,17)13(10-4-2-1-3-5-10)18-22-12-8-6-11(7-9-12)19(20)21/h1-9H. The molecule has 0 aliphatic heterocycles. The SMILES string of the molecule is O=[N+]([O-])c1ccc(SN=C(c2ccccc2)C(F)(F)F)cc1. The Balaban J connectivity index is 2.26. The summed E-state index contributed by atoms with van der Waals surface area (Å²) in [6.07, 6.45) is -4.59. The zero-order valence-electron chi connectivity index (χ0n) is 10.9. The van der Waals surface area contributed by atoms with E-state index in [9.17, 15) is 23.3 Å². The highest BCUT2D eigenvalue weighted by molar-refractivity contribution is 7.98. The molecule has 0 atom stereocenters. The van der Waals surface area contributed by atoms with Gasteiger partial charge in [0.1, 0.15) is 0 Å². The number of alkyl halides is 3. The summed E-state index contributed by atoms with van der Waals surface area (Å²) in [6.45, 7) is 0. The molecule has 0 amide bonds. The molecule has 0 heterocycles. The molecule has 0 aromatic heterocycles. The van der Waals surface area contributed by atoms with Gasteiger partial charge in [-0.25, -0.2) is 4.40 Å². The molecule has 0 aliphatic rings. The van der Waals surface area contributed by atoms with Gasteiger partial charge in [-0.1, -0.05) is 30.3 Å². The highest BCUT2D eigenvalue weighted by atomic mass is 32.2. The van der Waals surface area contributed by atoms with Crippen LogP contribution in [0.5, 0.6) is 0 Å². The third-order valence-corrected chi connectivity index (χ3v) is 3.36. The van der Waals surface area contributed by atoms with E-state index < -0.39 is 16.8 Å². The molecular formula is C14H9F3N2O2S. The summed E-state index contributed by atoms with van der Waals surface area (Å²) in [5, 5.41) is 10.5. The normalized spacial score (nSPS) is 12.2. The number of hydrogen-bond donors (Lipinski definition) is 0. The quantitative estimate of drug-likeness (QED) is 0.355. The summed E-state index contributed by atoms with van der Waals surface area (Å²) >= 11 is 0.616. The molecule has 0 N–H and O–H groups in total. The first kappa shape index (κ1) is 16.0. The molecule has 2 aromatic rings. The molecule has 4 nitrogen and oxygen atoms in total. The van der Waals surface area contributed by atoms with Crippen molar-refractivity contribution in [2.45, 2.75) is 11.1 Å². The molecule has 0 radical (unpaired) electrons. The zero-order valence-corrected chi connectivity index (χ0v) is 11.8. The molecule has 114 valence electrons. The van der Waals surface area contributed by atoms with E-state index in [0.29, 0.717) is 16.8 Å². The number of halogens is 3. The lowest BCUT2D eigenvalue weighted by Crippen LogP contribution is -2.23. The number of benzene rings is 2. The average Bonchev–Trinajstić information content (AvgIpc) is 2.47. The van der Waals surface area contributed by atoms with Gasteiger partial charge in [0.05, 0.1) is 4.92 Å². The number of non-ortho nitro benzene ring substituents is 1. The van der Waals surface area contributed by atoms with E-state index in [1.165, 1.54) is 48.5 Å². The van der Waals surface area contributed by atoms with Crippen LogP contribution in [0.15, 0.2) is 63.9 Å². The maximum atomic E-state index is 13.0. The smallest absolute Gasteiger partial charge is 0.258 e. The molecule has 0 unspecified atom stereocenters. The number of rotatable bonds is 4. The molecule has 22 heavy (non-hydrogen) atoms. The number of nitro groups is 1. The fourth-order valence-electron chi connectivity index (χ4n) is 1.59. The predicted molar refractivity (Wildman–Crippen MR) is 78.0 cm³/mol. The molecule has 0 bridgehead atoms. The van der Waals surface area contributed by atoms with Gasteiger partial charge < -0.3 is 0 Å². The Morgan fingerprint density at radius 1 is 1.05 bits per heavy atom. The first-order chi connectivity index (χ1) is 10.4.